The standard InChI is InChI=1S/C21H20BrFN4O2/c22-16-4-1-5-18(11-16)24-21(28)15-3-2-10-27(12-15)13-19-25-20(26-29-19)14-6-8-17(23)9-7-14/h1,4-9,11,15H,2-3,10,12-13H2,(H,24,28). The summed E-state index contributed by atoms with van der Waals surface area (Å²) in [5, 5.41) is 6.97. The summed E-state index contributed by atoms with van der Waals surface area (Å²) >= 11 is 3.42. The lowest BCUT2D eigenvalue weighted by molar-refractivity contribution is -0.121. The van der Waals surface area contributed by atoms with Crippen LogP contribution in [-0.2, 0) is 11.3 Å². The van der Waals surface area contributed by atoms with Crippen LogP contribution in [0.25, 0.3) is 11.4 Å². The molecule has 29 heavy (non-hydrogen) atoms. The lowest BCUT2D eigenvalue weighted by Gasteiger charge is -2.30. The Morgan fingerprint density at radius 3 is 2.90 bits per heavy atom. The van der Waals surface area contributed by atoms with Crippen LogP contribution in [0.2, 0.25) is 0 Å². The quantitative estimate of drug-likeness (QED) is 0.609. The van der Waals surface area contributed by atoms with E-state index in [4.69, 9.17) is 4.52 Å². The number of carbonyl (C=O) groups is 1. The highest BCUT2D eigenvalue weighted by Gasteiger charge is 2.27. The molecule has 0 radical (unpaired) electrons. The summed E-state index contributed by atoms with van der Waals surface area (Å²) in [5.74, 6) is 0.531. The van der Waals surface area contributed by atoms with Crippen molar-refractivity contribution < 1.29 is 13.7 Å². The average Bonchev–Trinajstić information content (AvgIpc) is 3.17. The molecular formula is C21H20BrFN4O2. The predicted molar refractivity (Wildman–Crippen MR) is 110 cm³/mol. The fourth-order valence-corrected chi connectivity index (χ4v) is 3.85. The van der Waals surface area contributed by atoms with E-state index in [0.29, 0.717) is 30.4 Å². The molecule has 1 atom stereocenters. The van der Waals surface area contributed by atoms with Gasteiger partial charge in [-0.1, -0.05) is 27.2 Å². The van der Waals surface area contributed by atoms with Gasteiger partial charge in [0.2, 0.25) is 17.6 Å². The van der Waals surface area contributed by atoms with Gasteiger partial charge >= 0.3 is 0 Å². The van der Waals surface area contributed by atoms with Crippen LogP contribution >= 0.6 is 15.9 Å². The van der Waals surface area contributed by atoms with Gasteiger partial charge in [0.25, 0.3) is 0 Å². The molecule has 1 amide bonds. The summed E-state index contributed by atoms with van der Waals surface area (Å²) in [6.45, 7) is 1.98. The van der Waals surface area contributed by atoms with E-state index in [1.165, 1.54) is 12.1 Å². The fourth-order valence-electron chi connectivity index (χ4n) is 3.45. The summed E-state index contributed by atoms with van der Waals surface area (Å²) in [6.07, 6.45) is 1.77. The molecule has 0 saturated carbocycles. The Bertz CT molecular complexity index is 992. The number of nitrogens with one attached hydrogen (secondary N) is 1. The highest BCUT2D eigenvalue weighted by Crippen LogP contribution is 2.22. The van der Waals surface area contributed by atoms with Crippen LogP contribution in [0.3, 0.4) is 0 Å². The van der Waals surface area contributed by atoms with Crippen molar-refractivity contribution >= 4 is 27.5 Å². The number of likely N-dealkylation sites (tertiary alicyclic amines) is 1. The van der Waals surface area contributed by atoms with Gasteiger partial charge in [0.15, 0.2) is 0 Å². The third-order valence-corrected chi connectivity index (χ3v) is 5.39. The van der Waals surface area contributed by atoms with E-state index < -0.39 is 0 Å². The maximum Gasteiger partial charge on any atom is 0.241 e. The van der Waals surface area contributed by atoms with E-state index in [2.05, 4.69) is 36.3 Å². The third-order valence-electron chi connectivity index (χ3n) is 4.90. The highest BCUT2D eigenvalue weighted by atomic mass is 79.9. The van der Waals surface area contributed by atoms with Crippen LogP contribution in [0.15, 0.2) is 57.5 Å². The lowest BCUT2D eigenvalue weighted by atomic mass is 9.97. The molecule has 2 aromatic carbocycles. The molecular weight excluding hydrogens is 439 g/mol. The largest absolute Gasteiger partial charge is 0.338 e. The Morgan fingerprint density at radius 2 is 2.10 bits per heavy atom. The number of aromatic nitrogens is 2. The van der Waals surface area contributed by atoms with Crippen molar-refractivity contribution in [2.24, 2.45) is 5.92 Å². The number of amides is 1. The van der Waals surface area contributed by atoms with Gasteiger partial charge in [-0.15, -0.1) is 0 Å². The van der Waals surface area contributed by atoms with Gasteiger partial charge in [-0.25, -0.2) is 4.39 Å². The Hall–Kier alpha value is -2.58. The maximum absolute atomic E-state index is 13.1. The van der Waals surface area contributed by atoms with Crippen molar-refractivity contribution in [3.8, 4) is 11.4 Å². The molecule has 1 saturated heterocycles. The second kappa shape index (κ2) is 8.84. The van der Waals surface area contributed by atoms with Gasteiger partial charge in [0.05, 0.1) is 12.5 Å². The first kappa shape index (κ1) is 19.7. The first-order chi connectivity index (χ1) is 14.1. The summed E-state index contributed by atoms with van der Waals surface area (Å²) in [5.41, 5.74) is 1.48. The Balaban J connectivity index is 1.36. The van der Waals surface area contributed by atoms with Gasteiger partial charge in [-0.05, 0) is 61.9 Å². The van der Waals surface area contributed by atoms with Crippen molar-refractivity contribution in [1.29, 1.82) is 0 Å². The van der Waals surface area contributed by atoms with Gasteiger partial charge in [-0.3, -0.25) is 9.69 Å². The van der Waals surface area contributed by atoms with Crippen molar-refractivity contribution in [3.63, 3.8) is 0 Å². The molecule has 0 spiro atoms. The first-order valence-electron chi connectivity index (χ1n) is 9.44. The molecule has 1 aliphatic rings. The number of halogens is 2. The second-order valence-corrected chi connectivity index (χ2v) is 8.01. The molecule has 150 valence electrons. The number of carbonyl (C=O) groups excluding carboxylic acids is 1. The Labute approximate surface area is 176 Å². The van der Waals surface area contributed by atoms with Crippen molar-refractivity contribution in [2.75, 3.05) is 18.4 Å². The predicted octanol–water partition coefficient (Wildman–Crippen LogP) is 4.49. The molecule has 0 aliphatic carbocycles. The van der Waals surface area contributed by atoms with Crippen molar-refractivity contribution in [1.82, 2.24) is 15.0 Å². The summed E-state index contributed by atoms with van der Waals surface area (Å²) in [4.78, 5) is 19.2. The smallest absolute Gasteiger partial charge is 0.241 e. The van der Waals surface area contributed by atoms with Crippen molar-refractivity contribution in [3.05, 3.63) is 64.7 Å². The number of hydrogen-bond donors (Lipinski definition) is 1. The van der Waals surface area contributed by atoms with E-state index in [-0.39, 0.29) is 17.6 Å². The number of rotatable bonds is 5. The molecule has 1 N–H and O–H groups in total. The molecule has 2 heterocycles. The highest BCUT2D eigenvalue weighted by molar-refractivity contribution is 9.10. The zero-order valence-corrected chi connectivity index (χ0v) is 17.2. The number of piperidine rings is 1. The normalized spacial score (nSPS) is 17.2. The van der Waals surface area contributed by atoms with E-state index in [9.17, 15) is 9.18 Å². The molecule has 3 aromatic rings. The zero-order valence-electron chi connectivity index (χ0n) is 15.6. The van der Waals surface area contributed by atoms with Crippen LogP contribution in [0.5, 0.6) is 0 Å². The SMILES string of the molecule is O=C(Nc1cccc(Br)c1)C1CCCN(Cc2nc(-c3ccc(F)cc3)no2)C1. The van der Waals surface area contributed by atoms with Gasteiger partial charge in [0, 0.05) is 22.3 Å². The molecule has 1 aromatic heterocycles. The van der Waals surface area contributed by atoms with Crippen molar-refractivity contribution in [2.45, 2.75) is 19.4 Å². The van der Waals surface area contributed by atoms with Gasteiger partial charge in [-0.2, -0.15) is 4.98 Å². The first-order valence-corrected chi connectivity index (χ1v) is 10.2. The number of benzene rings is 2. The van der Waals surface area contributed by atoms with Crippen LogP contribution in [0.4, 0.5) is 10.1 Å². The van der Waals surface area contributed by atoms with E-state index >= 15 is 0 Å². The number of nitrogens with zero attached hydrogens (tertiary/aromatic N) is 3. The van der Waals surface area contributed by atoms with Crippen LogP contribution in [0.1, 0.15) is 18.7 Å². The molecule has 8 heteroatoms. The molecule has 6 nitrogen and oxygen atoms in total. The Kier molecular flexibility index (Phi) is 6.01. The third kappa shape index (κ3) is 5.07. The lowest BCUT2D eigenvalue weighted by Crippen LogP contribution is -2.40. The maximum atomic E-state index is 13.1. The molecule has 0 bridgehead atoms. The molecule has 4 rings (SSSR count). The van der Waals surface area contributed by atoms with E-state index in [0.717, 1.165) is 29.5 Å². The van der Waals surface area contributed by atoms with E-state index in [1.807, 2.05) is 24.3 Å². The minimum absolute atomic E-state index is 0.0188. The van der Waals surface area contributed by atoms with Gasteiger partial charge < -0.3 is 9.84 Å². The molecule has 1 aliphatic heterocycles. The van der Waals surface area contributed by atoms with E-state index in [1.54, 1.807) is 12.1 Å². The summed E-state index contributed by atoms with van der Waals surface area (Å²) in [6, 6.07) is 13.5. The van der Waals surface area contributed by atoms with Gasteiger partial charge in [0.1, 0.15) is 5.82 Å². The summed E-state index contributed by atoms with van der Waals surface area (Å²) in [7, 11) is 0. The summed E-state index contributed by atoms with van der Waals surface area (Å²) < 4.78 is 19.3. The van der Waals surface area contributed by atoms with Crippen LogP contribution in [0, 0.1) is 11.7 Å². The molecule has 1 unspecified atom stereocenters. The number of hydrogen-bond acceptors (Lipinski definition) is 5. The minimum Gasteiger partial charge on any atom is -0.338 e. The zero-order chi connectivity index (χ0) is 20.2. The second-order valence-electron chi connectivity index (χ2n) is 7.09. The topological polar surface area (TPSA) is 71.3 Å². The monoisotopic (exact) mass is 458 g/mol. The number of anilines is 1. The average molecular weight is 459 g/mol. The Morgan fingerprint density at radius 1 is 1.28 bits per heavy atom. The minimum atomic E-state index is -0.307. The molecule has 1 fully saturated rings. The van der Waals surface area contributed by atoms with Crippen LogP contribution < -0.4 is 5.32 Å². The van der Waals surface area contributed by atoms with Crippen LogP contribution in [-0.4, -0.2) is 34.0 Å². The fraction of sp³-hybridized carbons (Fsp3) is 0.286.